The van der Waals surface area contributed by atoms with Crippen LogP contribution in [0.25, 0.3) is 0 Å². The molecule has 0 aromatic carbocycles. The van der Waals surface area contributed by atoms with E-state index in [2.05, 4.69) is 22.7 Å². The van der Waals surface area contributed by atoms with Crippen molar-refractivity contribution in [1.29, 1.82) is 0 Å². The van der Waals surface area contributed by atoms with Crippen LogP contribution < -0.4 is 10.6 Å². The van der Waals surface area contributed by atoms with Crippen LogP contribution in [0.2, 0.25) is 0 Å². The molecule has 12 heteroatoms. The number of carbonyl (C=O) groups excluding carboxylic acids is 2. The van der Waals surface area contributed by atoms with E-state index in [9.17, 15) is 9.59 Å². The molecule has 6 nitrogen and oxygen atoms in total. The van der Waals surface area contributed by atoms with E-state index in [-0.39, 0.29) is 15.5 Å². The third kappa shape index (κ3) is 20.3. The van der Waals surface area contributed by atoms with Crippen molar-refractivity contribution >= 4 is 82.5 Å². The van der Waals surface area contributed by atoms with E-state index in [0.29, 0.717) is 13.0 Å². The number of unbranched alkanes of at least 4 members (excludes halogenated alkanes) is 11. The second-order valence-corrected chi connectivity index (χ2v) is 16.3. The summed E-state index contributed by atoms with van der Waals surface area (Å²) in [5, 5.41) is 19.7. The average Bonchev–Trinajstić information content (AvgIpc) is 3.63. The van der Waals surface area contributed by atoms with Crippen molar-refractivity contribution in [2.45, 2.75) is 113 Å². The van der Waals surface area contributed by atoms with Crippen LogP contribution in [0.15, 0.2) is 5.16 Å². The van der Waals surface area contributed by atoms with Gasteiger partial charge in [0.05, 0.1) is 11.1 Å². The molecule has 0 aromatic heterocycles. The molecule has 35 heavy (non-hydrogen) atoms. The molecule has 1 aliphatic heterocycles. The molecule has 1 heterocycles. The van der Waals surface area contributed by atoms with Crippen LogP contribution in [0.3, 0.4) is 0 Å². The lowest BCUT2D eigenvalue weighted by molar-refractivity contribution is -0.121. The van der Waals surface area contributed by atoms with Crippen LogP contribution in [-0.2, 0) is 9.59 Å². The Kier molecular flexibility index (Phi) is 22.9. The highest BCUT2D eigenvalue weighted by Crippen LogP contribution is 2.72. The number of hydrogen-bond donors (Lipinski definition) is 3. The Morgan fingerprint density at radius 3 is 2.20 bits per heavy atom. The van der Waals surface area contributed by atoms with Crippen LogP contribution in [0.4, 0.5) is 0 Å². The summed E-state index contributed by atoms with van der Waals surface area (Å²) in [5.41, 5.74) is 1.37. The maximum atomic E-state index is 12.0. The summed E-state index contributed by atoms with van der Waals surface area (Å²) in [6.45, 7) is 2.94. The van der Waals surface area contributed by atoms with E-state index >= 15 is 0 Å². The van der Waals surface area contributed by atoms with Crippen molar-refractivity contribution in [3.8, 4) is 0 Å². The molecule has 0 bridgehead atoms. The molecule has 203 valence electrons. The van der Waals surface area contributed by atoms with Crippen LogP contribution in [0, 0.1) is 5.08 Å². The highest BCUT2D eigenvalue weighted by molar-refractivity contribution is 9.04. The summed E-state index contributed by atoms with van der Waals surface area (Å²) in [6, 6.07) is -0.179. The number of carbonyl (C=O) groups is 2. The first-order valence-electron chi connectivity index (χ1n) is 12.7. The van der Waals surface area contributed by atoms with Crippen molar-refractivity contribution in [2.24, 2.45) is 5.16 Å². The molecule has 1 atom stereocenters. The molecule has 0 spiro atoms. The quantitative estimate of drug-likeness (QED) is 0.0103. The minimum atomic E-state index is -0.179. The van der Waals surface area contributed by atoms with Crippen LogP contribution in [-0.4, -0.2) is 39.1 Å². The maximum Gasteiger partial charge on any atom is 0.219 e. The number of nitrogens with zero attached hydrogens (tertiary/aromatic N) is 1. The Hall–Kier alpha value is 0.670. The molecular weight excluding hydrogens is 559 g/mol. The number of amides is 1. The van der Waals surface area contributed by atoms with Crippen molar-refractivity contribution < 1.29 is 14.8 Å². The first kappa shape index (κ1) is 33.7. The summed E-state index contributed by atoms with van der Waals surface area (Å²) in [5.74, 6) is 0.154. The normalized spacial score (nSPS) is 15.3. The fraction of sp³-hybridized carbons (Fsp3) is 0.826. The Morgan fingerprint density at radius 2 is 1.60 bits per heavy atom. The maximum absolute atomic E-state index is 12.0. The van der Waals surface area contributed by atoms with Crippen LogP contribution >= 0.6 is 64.8 Å². The number of aldehydes is 1. The second-order valence-electron chi connectivity index (χ2n) is 8.43. The van der Waals surface area contributed by atoms with Gasteiger partial charge in [0.15, 0.2) is 3.54 Å². The van der Waals surface area contributed by atoms with Gasteiger partial charge in [-0.3, -0.25) is 10.1 Å². The van der Waals surface area contributed by atoms with E-state index in [4.69, 9.17) is 5.21 Å². The molecule has 1 fully saturated rings. The lowest BCUT2D eigenvalue weighted by atomic mass is 10.1. The van der Waals surface area contributed by atoms with Crippen LogP contribution in [0.1, 0.15) is 103 Å². The minimum Gasteiger partial charge on any atom is -0.410 e. The molecular formula is C23H42N3O3S6. The molecule has 0 saturated carbocycles. The second kappa shape index (κ2) is 23.8. The third-order valence-electron chi connectivity index (χ3n) is 5.41. The third-order valence-corrected chi connectivity index (χ3v) is 14.3. The van der Waals surface area contributed by atoms with E-state index in [1.807, 2.05) is 5.08 Å². The molecule has 1 rings (SSSR count). The average molecular weight is 601 g/mol. The van der Waals surface area contributed by atoms with Crippen molar-refractivity contribution in [1.82, 2.24) is 10.6 Å². The summed E-state index contributed by atoms with van der Waals surface area (Å²) in [7, 11) is 9.54. The monoisotopic (exact) mass is 600 g/mol. The molecule has 1 amide bonds. The zero-order chi connectivity index (χ0) is 25.5. The Bertz CT molecular complexity index is 571. The van der Waals surface area contributed by atoms with Gasteiger partial charge >= 0.3 is 0 Å². The predicted octanol–water partition coefficient (Wildman–Crippen LogP) is 8.44. The Balaban J connectivity index is 1.94. The van der Waals surface area contributed by atoms with E-state index in [1.54, 1.807) is 43.2 Å². The van der Waals surface area contributed by atoms with Crippen molar-refractivity contribution in [2.75, 3.05) is 6.54 Å². The van der Waals surface area contributed by atoms with Crippen molar-refractivity contribution in [3.05, 3.63) is 5.08 Å². The van der Waals surface area contributed by atoms with Gasteiger partial charge in [0.25, 0.3) is 0 Å². The lowest BCUT2D eigenvalue weighted by Crippen LogP contribution is -2.37. The largest absolute Gasteiger partial charge is 0.410 e. The number of hydrogen-bond acceptors (Lipinski definition) is 11. The van der Waals surface area contributed by atoms with Gasteiger partial charge in [0, 0.05) is 13.0 Å². The number of rotatable bonds is 26. The van der Waals surface area contributed by atoms with E-state index < -0.39 is 0 Å². The first-order valence-corrected chi connectivity index (χ1v) is 19.3. The zero-order valence-electron chi connectivity index (χ0n) is 20.8. The molecule has 3 N–H and O–H groups in total. The van der Waals surface area contributed by atoms with Gasteiger partial charge in [-0.1, -0.05) is 97.9 Å². The number of oxime groups is 1. The van der Waals surface area contributed by atoms with Gasteiger partial charge in [-0.25, -0.2) is 0 Å². The molecule has 1 saturated heterocycles. The summed E-state index contributed by atoms with van der Waals surface area (Å²) >= 11 is 0. The van der Waals surface area contributed by atoms with Gasteiger partial charge in [0.2, 0.25) is 5.91 Å². The van der Waals surface area contributed by atoms with Gasteiger partial charge in [-0.15, -0.1) is 0 Å². The number of nitrogens with one attached hydrogen (secondary N) is 2. The van der Waals surface area contributed by atoms with E-state index in [0.717, 1.165) is 38.4 Å². The van der Waals surface area contributed by atoms with E-state index in [1.165, 1.54) is 84.9 Å². The lowest BCUT2D eigenvalue weighted by Gasteiger charge is -2.18. The smallest absolute Gasteiger partial charge is 0.219 e. The Labute approximate surface area is 236 Å². The summed E-state index contributed by atoms with van der Waals surface area (Å²) < 4.78 is -0.175. The highest BCUT2D eigenvalue weighted by Gasteiger charge is 2.48. The van der Waals surface area contributed by atoms with Crippen LogP contribution in [0.5, 0.6) is 0 Å². The molecule has 0 unspecified atom stereocenters. The molecule has 0 aliphatic carbocycles. The van der Waals surface area contributed by atoms with Gasteiger partial charge < -0.3 is 15.3 Å². The van der Waals surface area contributed by atoms with Gasteiger partial charge in [-0.05, 0) is 68.9 Å². The zero-order valence-corrected chi connectivity index (χ0v) is 25.7. The molecule has 1 radical (unpaired) electrons. The minimum absolute atomic E-state index is 0.154. The molecule has 0 aromatic rings. The fourth-order valence-corrected chi connectivity index (χ4v) is 11.3. The summed E-state index contributed by atoms with van der Waals surface area (Å²) in [4.78, 5) is 23.5. The summed E-state index contributed by atoms with van der Waals surface area (Å²) in [6.07, 6.45) is 18.4. The highest BCUT2D eigenvalue weighted by atomic mass is 33.2. The first-order chi connectivity index (χ1) is 17.2. The fourth-order valence-electron chi connectivity index (χ4n) is 3.46. The standard InChI is InChI=1S/C23H42N3O3S6/c1-2-3-4-5-6-7-8-9-10-11-12-16-22(28)24-17-14-13-15-21(18-27)26-23(34-35-23)33-32-20-31-30-19-25-29/h18-21,26,29H,2-17H2,1H3,(H,24,28)/t21-/m0/s1. The van der Waals surface area contributed by atoms with Crippen molar-refractivity contribution in [3.63, 3.8) is 0 Å². The Morgan fingerprint density at radius 1 is 0.943 bits per heavy atom. The topological polar surface area (TPSA) is 90.8 Å². The predicted molar refractivity (Wildman–Crippen MR) is 164 cm³/mol. The molecule has 1 aliphatic rings. The SMILES string of the molecule is CCCCCCCCCCCCCC(=O)NCCCC[C@@H](C=O)NC1(SS[CH]SSC=NO)SS1. The van der Waals surface area contributed by atoms with Gasteiger partial charge in [0.1, 0.15) is 11.8 Å². The van der Waals surface area contributed by atoms with Gasteiger partial charge in [-0.2, -0.15) is 0 Å².